The molecule has 5 heteroatoms. The van der Waals surface area contributed by atoms with Gasteiger partial charge in [-0.05, 0) is 79.8 Å². The minimum absolute atomic E-state index is 0.605. The molecule has 0 aliphatic rings. The SMILES string of the molecule is c1ccc2c(c1)ccc1ccc(-c3nc(-c4ccc(-c5cccc6oc7ccccc7c56)cc4)nc(-c4ccc5ccc6oc7ccccc7c6c5c4)n3)cc12. The molecular weight excluding hydrogens is 687 g/mol. The van der Waals surface area contributed by atoms with E-state index in [4.69, 9.17) is 23.8 Å². The quantitative estimate of drug-likeness (QED) is 0.170. The first kappa shape index (κ1) is 30.8. The average Bonchev–Trinajstić information content (AvgIpc) is 3.85. The van der Waals surface area contributed by atoms with Crippen molar-refractivity contribution in [3.63, 3.8) is 0 Å². The number of benzene rings is 9. The van der Waals surface area contributed by atoms with Crippen LogP contribution in [0.25, 0.3) is 121 Å². The first-order valence-corrected chi connectivity index (χ1v) is 18.8. The van der Waals surface area contributed by atoms with Crippen molar-refractivity contribution in [3.8, 4) is 45.3 Å². The largest absolute Gasteiger partial charge is 0.456 e. The lowest BCUT2D eigenvalue weighted by atomic mass is 9.98. The van der Waals surface area contributed by atoms with Crippen molar-refractivity contribution in [2.45, 2.75) is 0 Å². The molecule has 3 aromatic heterocycles. The third-order valence-corrected chi connectivity index (χ3v) is 11.1. The van der Waals surface area contributed by atoms with Crippen molar-refractivity contribution in [2.75, 3.05) is 0 Å². The van der Waals surface area contributed by atoms with E-state index < -0.39 is 0 Å². The summed E-state index contributed by atoms with van der Waals surface area (Å²) >= 11 is 0. The molecule has 12 aromatic rings. The average molecular weight is 716 g/mol. The van der Waals surface area contributed by atoms with Gasteiger partial charge in [0.25, 0.3) is 0 Å². The summed E-state index contributed by atoms with van der Waals surface area (Å²) in [5.74, 6) is 1.83. The van der Waals surface area contributed by atoms with Gasteiger partial charge in [-0.2, -0.15) is 0 Å². The Balaban J connectivity index is 1.05. The third kappa shape index (κ3) is 4.78. The Bertz CT molecular complexity index is 3540. The highest BCUT2D eigenvalue weighted by Gasteiger charge is 2.17. The summed E-state index contributed by atoms with van der Waals surface area (Å²) in [6, 6.07) is 61.1. The number of fused-ring (bicyclic) bond motifs is 11. The van der Waals surface area contributed by atoms with E-state index >= 15 is 0 Å². The maximum atomic E-state index is 6.26. The molecule has 5 nitrogen and oxygen atoms in total. The van der Waals surface area contributed by atoms with E-state index in [9.17, 15) is 0 Å². The lowest BCUT2D eigenvalue weighted by molar-refractivity contribution is 0.668. The Labute approximate surface area is 320 Å². The number of para-hydroxylation sites is 2. The molecule has 0 aliphatic heterocycles. The highest BCUT2D eigenvalue weighted by molar-refractivity contribution is 6.19. The number of hydrogen-bond acceptors (Lipinski definition) is 5. The van der Waals surface area contributed by atoms with Gasteiger partial charge < -0.3 is 8.83 Å². The number of aromatic nitrogens is 3. The van der Waals surface area contributed by atoms with Gasteiger partial charge >= 0.3 is 0 Å². The van der Waals surface area contributed by atoms with Gasteiger partial charge in [0.05, 0.1) is 0 Å². The van der Waals surface area contributed by atoms with Crippen LogP contribution in [0.3, 0.4) is 0 Å². The van der Waals surface area contributed by atoms with Gasteiger partial charge in [-0.3, -0.25) is 0 Å². The Hall–Kier alpha value is -7.63. The zero-order valence-corrected chi connectivity index (χ0v) is 29.9. The lowest BCUT2D eigenvalue weighted by Gasteiger charge is -2.11. The van der Waals surface area contributed by atoms with Gasteiger partial charge in [0.2, 0.25) is 0 Å². The van der Waals surface area contributed by atoms with Crippen LogP contribution in [0.5, 0.6) is 0 Å². The van der Waals surface area contributed by atoms with E-state index in [1.54, 1.807) is 0 Å². The van der Waals surface area contributed by atoms with Crippen molar-refractivity contribution in [3.05, 3.63) is 176 Å². The van der Waals surface area contributed by atoms with E-state index in [0.29, 0.717) is 17.5 Å². The van der Waals surface area contributed by atoms with Crippen LogP contribution in [0.2, 0.25) is 0 Å². The van der Waals surface area contributed by atoms with Crippen molar-refractivity contribution >= 4 is 76.2 Å². The molecule has 3 heterocycles. The Kier molecular flexibility index (Phi) is 6.56. The topological polar surface area (TPSA) is 65.0 Å². The van der Waals surface area contributed by atoms with Crippen molar-refractivity contribution in [2.24, 2.45) is 0 Å². The number of furan rings is 2. The summed E-state index contributed by atoms with van der Waals surface area (Å²) < 4.78 is 12.5. The molecule has 0 spiro atoms. The van der Waals surface area contributed by atoms with Crippen molar-refractivity contribution in [1.29, 1.82) is 0 Å². The number of nitrogens with zero attached hydrogens (tertiary/aromatic N) is 3. The Morgan fingerprint density at radius 2 is 0.750 bits per heavy atom. The molecule has 0 aliphatic carbocycles. The van der Waals surface area contributed by atoms with Crippen LogP contribution >= 0.6 is 0 Å². The molecule has 0 unspecified atom stereocenters. The second-order valence-electron chi connectivity index (χ2n) is 14.4. The van der Waals surface area contributed by atoms with Crippen LogP contribution in [0.4, 0.5) is 0 Å². The van der Waals surface area contributed by atoms with Gasteiger partial charge in [-0.1, -0.05) is 140 Å². The van der Waals surface area contributed by atoms with Gasteiger partial charge in [0, 0.05) is 38.2 Å². The third-order valence-electron chi connectivity index (χ3n) is 11.1. The summed E-state index contributed by atoms with van der Waals surface area (Å²) in [6.45, 7) is 0. The molecule has 0 bridgehead atoms. The second-order valence-corrected chi connectivity index (χ2v) is 14.4. The monoisotopic (exact) mass is 715 g/mol. The second kappa shape index (κ2) is 11.9. The minimum atomic E-state index is 0.605. The maximum absolute atomic E-state index is 6.26. The van der Waals surface area contributed by atoms with E-state index in [-0.39, 0.29) is 0 Å². The van der Waals surface area contributed by atoms with Crippen LogP contribution in [-0.2, 0) is 0 Å². The van der Waals surface area contributed by atoms with E-state index in [1.165, 1.54) is 16.2 Å². The Morgan fingerprint density at radius 3 is 1.46 bits per heavy atom. The fraction of sp³-hybridized carbons (Fsp3) is 0. The molecule has 12 rings (SSSR count). The van der Waals surface area contributed by atoms with E-state index in [2.05, 4.69) is 146 Å². The fourth-order valence-corrected chi connectivity index (χ4v) is 8.40. The first-order valence-electron chi connectivity index (χ1n) is 18.8. The molecule has 260 valence electrons. The van der Waals surface area contributed by atoms with E-state index in [0.717, 1.165) is 87.9 Å². The first-order chi connectivity index (χ1) is 27.7. The minimum Gasteiger partial charge on any atom is -0.456 e. The number of hydrogen-bond donors (Lipinski definition) is 0. The summed E-state index contributed by atoms with van der Waals surface area (Å²) in [5, 5.41) is 11.3. The summed E-state index contributed by atoms with van der Waals surface area (Å²) in [4.78, 5) is 15.5. The number of rotatable bonds is 4. The molecule has 0 saturated heterocycles. The van der Waals surface area contributed by atoms with Gasteiger partial charge in [-0.25, -0.2) is 15.0 Å². The van der Waals surface area contributed by atoms with Crippen LogP contribution < -0.4 is 0 Å². The summed E-state index contributed by atoms with van der Waals surface area (Å²) in [5.41, 5.74) is 8.43. The molecule has 0 radical (unpaired) electrons. The standard InChI is InChI=1S/C51H29N3O2/c1-2-9-37-30(8-1)16-17-32-20-24-35(28-41(32)37)50-52-49(34-22-18-31(19-23-34)38-12-7-15-45-47(38)39-10-3-5-13-43(39)55-45)53-51(54-50)36-25-21-33-26-27-46-48(42(33)29-36)40-11-4-6-14-44(40)56-46/h1-29H. The molecule has 9 aromatic carbocycles. The zero-order valence-electron chi connectivity index (χ0n) is 29.9. The smallest absolute Gasteiger partial charge is 0.164 e. The van der Waals surface area contributed by atoms with Crippen molar-refractivity contribution < 1.29 is 8.83 Å². The maximum Gasteiger partial charge on any atom is 0.164 e. The molecule has 56 heavy (non-hydrogen) atoms. The normalized spacial score (nSPS) is 11.9. The van der Waals surface area contributed by atoms with Gasteiger partial charge in [0.15, 0.2) is 17.5 Å². The van der Waals surface area contributed by atoms with Crippen LogP contribution in [0.15, 0.2) is 185 Å². The van der Waals surface area contributed by atoms with Crippen LogP contribution in [0, 0.1) is 0 Å². The van der Waals surface area contributed by atoms with Crippen LogP contribution in [-0.4, -0.2) is 15.0 Å². The summed E-state index contributed by atoms with van der Waals surface area (Å²) in [6.07, 6.45) is 0. The van der Waals surface area contributed by atoms with Gasteiger partial charge in [0.1, 0.15) is 22.3 Å². The highest BCUT2D eigenvalue weighted by atomic mass is 16.3. The van der Waals surface area contributed by atoms with Gasteiger partial charge in [-0.15, -0.1) is 0 Å². The molecule has 0 saturated carbocycles. The molecule has 0 N–H and O–H groups in total. The highest BCUT2D eigenvalue weighted by Crippen LogP contribution is 2.39. The predicted octanol–water partition coefficient (Wildman–Crippen LogP) is 13.8. The Morgan fingerprint density at radius 1 is 0.286 bits per heavy atom. The fourth-order valence-electron chi connectivity index (χ4n) is 8.40. The molecule has 0 atom stereocenters. The molecule has 0 amide bonds. The molecular formula is C51H29N3O2. The predicted molar refractivity (Wildman–Crippen MR) is 229 cm³/mol. The van der Waals surface area contributed by atoms with E-state index in [1.807, 2.05) is 30.3 Å². The van der Waals surface area contributed by atoms with Crippen molar-refractivity contribution in [1.82, 2.24) is 15.0 Å². The zero-order chi connectivity index (χ0) is 36.7. The lowest BCUT2D eigenvalue weighted by Crippen LogP contribution is -2.00. The van der Waals surface area contributed by atoms with Crippen LogP contribution in [0.1, 0.15) is 0 Å². The molecule has 0 fully saturated rings. The summed E-state index contributed by atoms with van der Waals surface area (Å²) in [7, 11) is 0.